The van der Waals surface area contributed by atoms with E-state index in [-0.39, 0.29) is 4.90 Å². The Morgan fingerprint density at radius 2 is 1.90 bits per heavy atom. The Kier molecular flexibility index (Phi) is 4.44. The van der Waals surface area contributed by atoms with Crippen LogP contribution < -0.4 is 11.1 Å². The summed E-state index contributed by atoms with van der Waals surface area (Å²) in [5.74, 6) is 0.593. The monoisotopic (exact) mass is 306 g/mol. The highest BCUT2D eigenvalue weighted by atomic mass is 32.2. The summed E-state index contributed by atoms with van der Waals surface area (Å²) in [6.45, 7) is 0.527. The first kappa shape index (κ1) is 15.3. The fourth-order valence-corrected chi connectivity index (χ4v) is 2.58. The molecule has 0 unspecified atom stereocenters. The van der Waals surface area contributed by atoms with Crippen LogP contribution >= 0.6 is 0 Å². The average Bonchev–Trinajstić information content (AvgIpc) is 2.46. The Labute approximate surface area is 124 Å². The fraction of sp³-hybridized carbons (Fsp3) is 0.214. The van der Waals surface area contributed by atoms with Crippen molar-refractivity contribution in [3.05, 3.63) is 48.2 Å². The number of hydrogen-bond donors (Lipinski definition) is 2. The summed E-state index contributed by atoms with van der Waals surface area (Å²) in [4.78, 5) is 4.28. The minimum absolute atomic E-state index is 0.164. The molecule has 2 rings (SSSR count). The third-order valence-electron chi connectivity index (χ3n) is 3.03. The molecule has 112 valence electrons. The van der Waals surface area contributed by atoms with Gasteiger partial charge < -0.3 is 11.1 Å². The number of aromatic nitrogens is 1. The van der Waals surface area contributed by atoms with Crippen molar-refractivity contribution in [2.24, 2.45) is 0 Å². The van der Waals surface area contributed by atoms with Crippen molar-refractivity contribution in [3.63, 3.8) is 0 Å². The Bertz CT molecular complexity index is 712. The van der Waals surface area contributed by atoms with Crippen LogP contribution in [-0.4, -0.2) is 31.8 Å². The minimum Gasteiger partial charge on any atom is -0.398 e. The third kappa shape index (κ3) is 3.50. The van der Waals surface area contributed by atoms with Crippen LogP contribution in [0.4, 0.5) is 11.5 Å². The van der Waals surface area contributed by atoms with Crippen LogP contribution in [-0.2, 0) is 16.6 Å². The summed E-state index contributed by atoms with van der Waals surface area (Å²) < 4.78 is 25.0. The van der Waals surface area contributed by atoms with Gasteiger partial charge in [0.25, 0.3) is 0 Å². The lowest BCUT2D eigenvalue weighted by Crippen LogP contribution is -2.22. The van der Waals surface area contributed by atoms with Gasteiger partial charge in [0.2, 0.25) is 10.0 Å². The number of nitrogen functional groups attached to an aromatic ring is 1. The number of nitrogens with one attached hydrogen (secondary N) is 1. The molecule has 0 saturated heterocycles. The molecular formula is C14H18N4O2S. The zero-order chi connectivity index (χ0) is 15.5. The predicted octanol–water partition coefficient (Wildman–Crippen LogP) is 1.53. The molecule has 3 N–H and O–H groups in total. The Morgan fingerprint density at radius 3 is 2.48 bits per heavy atom. The standard InChI is InChI=1S/C14H18N4O2S/c1-18(2)21(19,20)12-7-8-14(17-10-12)16-9-11-5-3-4-6-13(11)15/h3-8,10H,9,15H2,1-2H3,(H,16,17). The molecule has 21 heavy (non-hydrogen) atoms. The molecule has 0 aliphatic carbocycles. The number of rotatable bonds is 5. The molecule has 2 aromatic rings. The maximum absolute atomic E-state index is 11.9. The van der Waals surface area contributed by atoms with Crippen molar-refractivity contribution in [1.29, 1.82) is 0 Å². The normalized spacial score (nSPS) is 11.6. The maximum atomic E-state index is 11.9. The molecule has 0 aliphatic rings. The molecular weight excluding hydrogens is 288 g/mol. The minimum atomic E-state index is -3.44. The number of anilines is 2. The lowest BCUT2D eigenvalue weighted by atomic mass is 10.2. The van der Waals surface area contributed by atoms with Gasteiger partial charge in [0.1, 0.15) is 10.7 Å². The molecule has 1 aromatic carbocycles. The van der Waals surface area contributed by atoms with E-state index in [1.54, 1.807) is 6.07 Å². The molecule has 0 radical (unpaired) electrons. The summed E-state index contributed by atoms with van der Waals surface area (Å²) in [5.41, 5.74) is 7.52. The molecule has 0 atom stereocenters. The van der Waals surface area contributed by atoms with Crippen LogP contribution in [0.2, 0.25) is 0 Å². The highest BCUT2D eigenvalue weighted by molar-refractivity contribution is 7.89. The molecule has 0 bridgehead atoms. The van der Waals surface area contributed by atoms with Crippen molar-refractivity contribution >= 4 is 21.5 Å². The zero-order valence-corrected chi connectivity index (χ0v) is 12.8. The van der Waals surface area contributed by atoms with E-state index in [2.05, 4.69) is 10.3 Å². The topological polar surface area (TPSA) is 88.3 Å². The number of para-hydroxylation sites is 1. The SMILES string of the molecule is CN(C)S(=O)(=O)c1ccc(NCc2ccccc2N)nc1. The van der Waals surface area contributed by atoms with Gasteiger partial charge >= 0.3 is 0 Å². The van der Waals surface area contributed by atoms with Crippen LogP contribution in [0.5, 0.6) is 0 Å². The van der Waals surface area contributed by atoms with Crippen molar-refractivity contribution in [2.75, 3.05) is 25.1 Å². The van der Waals surface area contributed by atoms with E-state index in [4.69, 9.17) is 5.73 Å². The first-order valence-electron chi connectivity index (χ1n) is 6.37. The molecule has 0 spiro atoms. The molecule has 6 nitrogen and oxygen atoms in total. The van der Waals surface area contributed by atoms with E-state index in [1.165, 1.54) is 26.4 Å². The molecule has 7 heteroatoms. The highest BCUT2D eigenvalue weighted by Crippen LogP contribution is 2.16. The number of hydrogen-bond acceptors (Lipinski definition) is 5. The van der Waals surface area contributed by atoms with E-state index < -0.39 is 10.0 Å². The lowest BCUT2D eigenvalue weighted by molar-refractivity contribution is 0.520. The van der Waals surface area contributed by atoms with Gasteiger partial charge in [0, 0.05) is 32.5 Å². The quantitative estimate of drug-likeness (QED) is 0.818. The molecule has 0 saturated carbocycles. The van der Waals surface area contributed by atoms with Crippen LogP contribution in [0.15, 0.2) is 47.5 Å². The number of nitrogens with zero attached hydrogens (tertiary/aromatic N) is 2. The van der Waals surface area contributed by atoms with Crippen molar-refractivity contribution in [2.45, 2.75) is 11.4 Å². The zero-order valence-electron chi connectivity index (χ0n) is 11.9. The van der Waals surface area contributed by atoms with Gasteiger partial charge in [-0.2, -0.15) is 0 Å². The number of benzene rings is 1. The predicted molar refractivity (Wildman–Crippen MR) is 83.3 cm³/mol. The van der Waals surface area contributed by atoms with Crippen LogP contribution in [0.3, 0.4) is 0 Å². The first-order chi connectivity index (χ1) is 9.91. The summed E-state index contributed by atoms with van der Waals surface area (Å²) in [6.07, 6.45) is 1.34. The van der Waals surface area contributed by atoms with Gasteiger partial charge in [-0.05, 0) is 23.8 Å². The van der Waals surface area contributed by atoms with Crippen molar-refractivity contribution in [1.82, 2.24) is 9.29 Å². The van der Waals surface area contributed by atoms with Gasteiger partial charge in [-0.25, -0.2) is 17.7 Å². The Hall–Kier alpha value is -2.12. The summed E-state index contributed by atoms with van der Waals surface area (Å²) in [5, 5.41) is 3.11. The third-order valence-corrected chi connectivity index (χ3v) is 4.83. The number of sulfonamides is 1. The summed E-state index contributed by atoms with van der Waals surface area (Å²) in [7, 11) is -0.473. The average molecular weight is 306 g/mol. The first-order valence-corrected chi connectivity index (χ1v) is 7.81. The molecule has 1 heterocycles. The highest BCUT2D eigenvalue weighted by Gasteiger charge is 2.17. The van der Waals surface area contributed by atoms with E-state index >= 15 is 0 Å². The Balaban J connectivity index is 2.09. The Morgan fingerprint density at radius 1 is 1.19 bits per heavy atom. The van der Waals surface area contributed by atoms with Gasteiger partial charge in [0.05, 0.1) is 0 Å². The number of pyridine rings is 1. The number of nitrogens with two attached hydrogens (primary N) is 1. The summed E-state index contributed by atoms with van der Waals surface area (Å²) in [6, 6.07) is 10.7. The van der Waals surface area contributed by atoms with E-state index in [0.29, 0.717) is 18.1 Å². The van der Waals surface area contributed by atoms with Crippen LogP contribution in [0.25, 0.3) is 0 Å². The van der Waals surface area contributed by atoms with Crippen LogP contribution in [0.1, 0.15) is 5.56 Å². The van der Waals surface area contributed by atoms with Gasteiger partial charge in [-0.1, -0.05) is 18.2 Å². The molecule has 0 fully saturated rings. The van der Waals surface area contributed by atoms with Gasteiger partial charge in [-0.15, -0.1) is 0 Å². The fourth-order valence-electron chi connectivity index (χ4n) is 1.73. The second kappa shape index (κ2) is 6.11. The maximum Gasteiger partial charge on any atom is 0.244 e. The van der Waals surface area contributed by atoms with Crippen molar-refractivity contribution in [3.8, 4) is 0 Å². The largest absolute Gasteiger partial charge is 0.398 e. The second-order valence-corrected chi connectivity index (χ2v) is 6.87. The molecule has 0 aliphatic heterocycles. The van der Waals surface area contributed by atoms with E-state index in [9.17, 15) is 8.42 Å². The van der Waals surface area contributed by atoms with Crippen LogP contribution in [0, 0.1) is 0 Å². The molecule has 1 aromatic heterocycles. The van der Waals surface area contributed by atoms with Gasteiger partial charge in [-0.3, -0.25) is 0 Å². The second-order valence-electron chi connectivity index (χ2n) is 4.72. The smallest absolute Gasteiger partial charge is 0.244 e. The van der Waals surface area contributed by atoms with Gasteiger partial charge in [0.15, 0.2) is 0 Å². The molecule has 0 amide bonds. The lowest BCUT2D eigenvalue weighted by Gasteiger charge is -2.12. The van der Waals surface area contributed by atoms with Crippen molar-refractivity contribution < 1.29 is 8.42 Å². The summed E-state index contributed by atoms with van der Waals surface area (Å²) >= 11 is 0. The van der Waals surface area contributed by atoms with E-state index in [0.717, 1.165) is 9.87 Å². The van der Waals surface area contributed by atoms with E-state index in [1.807, 2.05) is 24.3 Å².